The monoisotopic (exact) mass is 279 g/mol. The highest BCUT2D eigenvalue weighted by atomic mass is 31.1. The van der Waals surface area contributed by atoms with Crippen LogP contribution in [0.1, 0.15) is 27.7 Å². The van der Waals surface area contributed by atoms with Gasteiger partial charge in [-0.05, 0) is 27.7 Å². The molecule has 0 heterocycles. The minimum atomic E-state index is -2.27. The lowest BCUT2D eigenvalue weighted by Crippen LogP contribution is -2.18. The van der Waals surface area contributed by atoms with Gasteiger partial charge in [0.05, 0.1) is 11.4 Å². The highest BCUT2D eigenvalue weighted by Crippen LogP contribution is 2.28. The van der Waals surface area contributed by atoms with Crippen LogP contribution in [0.5, 0.6) is 0 Å². The van der Waals surface area contributed by atoms with Crippen LogP contribution in [0.3, 0.4) is 0 Å². The van der Waals surface area contributed by atoms with Crippen molar-refractivity contribution < 1.29 is 23.3 Å². The zero-order valence-electron chi connectivity index (χ0n) is 11.5. The molecule has 8 heteroatoms. The Hall–Kier alpha value is -1.04. The van der Waals surface area contributed by atoms with E-state index in [1.807, 2.05) is 0 Å². The molecule has 2 unspecified atom stereocenters. The summed E-state index contributed by atoms with van der Waals surface area (Å²) in [4.78, 5) is 9.19. The molecule has 0 spiro atoms. The number of hydrogen-bond donors (Lipinski definition) is 0. The molecule has 0 aromatic heterocycles. The lowest BCUT2D eigenvalue weighted by atomic mass is 10.3. The number of hydrogen-bond acceptors (Lipinski definition) is 7. The third-order valence-corrected chi connectivity index (χ3v) is 3.11. The van der Waals surface area contributed by atoms with Gasteiger partial charge in [0.25, 0.3) is 0 Å². The maximum absolute atomic E-state index is 11.6. The zero-order valence-corrected chi connectivity index (χ0v) is 12.4. The Morgan fingerprint density at radius 2 is 1.28 bits per heavy atom. The van der Waals surface area contributed by atoms with Crippen molar-refractivity contribution in [1.29, 1.82) is 0 Å². The van der Waals surface area contributed by atoms with Crippen LogP contribution in [0, 0.1) is 0 Å². The van der Waals surface area contributed by atoms with Crippen molar-refractivity contribution in [2.24, 2.45) is 10.3 Å². The summed E-state index contributed by atoms with van der Waals surface area (Å²) in [6.45, 7) is 6.82. The van der Waals surface area contributed by atoms with Gasteiger partial charge < -0.3 is 9.68 Å². The summed E-state index contributed by atoms with van der Waals surface area (Å²) < 4.78 is 21.9. The van der Waals surface area contributed by atoms with Crippen LogP contribution in [-0.2, 0) is 23.3 Å². The van der Waals surface area contributed by atoms with E-state index in [1.165, 1.54) is 14.2 Å². The number of rotatable bonds is 8. The third-order valence-electron chi connectivity index (χ3n) is 2.14. The molecule has 0 aromatic carbocycles. The predicted octanol–water partition coefficient (Wildman–Crippen LogP) is 2.50. The van der Waals surface area contributed by atoms with Crippen LogP contribution in [0.15, 0.2) is 10.3 Å². The third kappa shape index (κ3) is 6.64. The highest BCUT2D eigenvalue weighted by Gasteiger charge is 2.30. The summed E-state index contributed by atoms with van der Waals surface area (Å²) in [5.41, 5.74) is 1.14. The van der Waals surface area contributed by atoms with Gasteiger partial charge in [-0.1, -0.05) is 10.3 Å². The summed E-state index contributed by atoms with van der Waals surface area (Å²) in [6, 6.07) is 0. The first kappa shape index (κ1) is 17.0. The molecular weight excluding hydrogens is 259 g/mol. The lowest BCUT2D eigenvalue weighted by Gasteiger charge is -2.05. The van der Waals surface area contributed by atoms with E-state index in [1.54, 1.807) is 27.7 Å². The number of oxime groups is 2. The minimum absolute atomic E-state index is 0.458. The molecule has 0 rings (SSSR count). The van der Waals surface area contributed by atoms with Crippen molar-refractivity contribution in [3.05, 3.63) is 0 Å². The fraction of sp³-hybridized carbons (Fsp3) is 0.800. The fourth-order valence-corrected chi connectivity index (χ4v) is 1.74. The summed E-state index contributed by atoms with van der Waals surface area (Å²) in [5, 5.41) is 7.37. The average Bonchev–Trinajstić information content (AvgIpc) is 2.29. The molecule has 0 N–H and O–H groups in total. The van der Waals surface area contributed by atoms with E-state index >= 15 is 0 Å². The van der Waals surface area contributed by atoms with Gasteiger partial charge in [0.1, 0.15) is 14.2 Å². The van der Waals surface area contributed by atoms with Gasteiger partial charge in [0.15, 0.2) is 12.2 Å². The quantitative estimate of drug-likeness (QED) is 0.387. The topological polar surface area (TPSA) is 78.7 Å². The molecule has 0 fully saturated rings. The second-order valence-electron chi connectivity index (χ2n) is 3.55. The first-order valence-corrected chi connectivity index (χ1v) is 6.48. The molecule has 0 aromatic rings. The first-order valence-electron chi connectivity index (χ1n) is 5.38. The van der Waals surface area contributed by atoms with Gasteiger partial charge in [0, 0.05) is 4.57 Å². The van der Waals surface area contributed by atoms with Crippen molar-refractivity contribution in [2.45, 2.75) is 39.9 Å². The molecule has 2 atom stereocenters. The summed E-state index contributed by atoms with van der Waals surface area (Å²) in [5.74, 6) is 0. The van der Waals surface area contributed by atoms with E-state index in [4.69, 9.17) is 9.05 Å². The molecule has 0 radical (unpaired) electrons. The number of nitrogens with zero attached hydrogens (tertiary/aromatic N) is 2. The molecule has 18 heavy (non-hydrogen) atoms. The molecule has 0 bridgehead atoms. The Labute approximate surface area is 108 Å². The molecule has 0 saturated carbocycles. The van der Waals surface area contributed by atoms with E-state index in [0.29, 0.717) is 11.4 Å². The standard InChI is InChI=1S/C10H20N2O5P/c1-7(11-14-5)9(3)16-18(13)17-10(4)8(2)12-15-6/h9-10H,1-6H3/q+1. The second-order valence-corrected chi connectivity index (χ2v) is 4.42. The van der Waals surface area contributed by atoms with E-state index in [0.717, 1.165) is 0 Å². The predicted molar refractivity (Wildman–Crippen MR) is 68.9 cm³/mol. The van der Waals surface area contributed by atoms with Crippen molar-refractivity contribution in [3.63, 3.8) is 0 Å². The van der Waals surface area contributed by atoms with Crippen LogP contribution in [0.2, 0.25) is 0 Å². The van der Waals surface area contributed by atoms with E-state index in [9.17, 15) is 4.57 Å². The van der Waals surface area contributed by atoms with Crippen molar-refractivity contribution in [3.8, 4) is 0 Å². The average molecular weight is 279 g/mol. The molecule has 104 valence electrons. The van der Waals surface area contributed by atoms with Crippen LogP contribution in [-0.4, -0.2) is 37.9 Å². The molecule has 0 aliphatic carbocycles. The van der Waals surface area contributed by atoms with Crippen molar-refractivity contribution in [1.82, 2.24) is 0 Å². The van der Waals surface area contributed by atoms with Crippen LogP contribution < -0.4 is 0 Å². The summed E-state index contributed by atoms with van der Waals surface area (Å²) in [7, 11) is 0.591. The van der Waals surface area contributed by atoms with E-state index < -0.39 is 20.5 Å². The lowest BCUT2D eigenvalue weighted by molar-refractivity contribution is 0.177. The van der Waals surface area contributed by atoms with Gasteiger partial charge in [-0.3, -0.25) is 0 Å². The Morgan fingerprint density at radius 1 is 0.944 bits per heavy atom. The molecular formula is C10H20N2O5P+. The minimum Gasteiger partial charge on any atom is -0.399 e. The molecule has 0 saturated heterocycles. The Bertz CT molecular complexity index is 302. The van der Waals surface area contributed by atoms with E-state index in [-0.39, 0.29) is 0 Å². The van der Waals surface area contributed by atoms with E-state index in [2.05, 4.69) is 20.0 Å². The maximum Gasteiger partial charge on any atom is 0.698 e. The normalized spacial score (nSPS) is 17.1. The van der Waals surface area contributed by atoms with Crippen molar-refractivity contribution >= 4 is 19.7 Å². The molecule has 0 aliphatic rings. The van der Waals surface area contributed by atoms with Crippen LogP contribution in [0.25, 0.3) is 0 Å². The second kappa shape index (κ2) is 8.97. The fourth-order valence-electron chi connectivity index (χ4n) is 0.872. The molecule has 7 nitrogen and oxygen atoms in total. The molecule has 0 amide bonds. The van der Waals surface area contributed by atoms with Gasteiger partial charge in [-0.2, -0.15) is 0 Å². The van der Waals surface area contributed by atoms with Gasteiger partial charge in [0.2, 0.25) is 0 Å². The SMILES string of the molecule is CON=C(C)C(C)O[P+](=O)OC(C)C(C)=NOC. The van der Waals surface area contributed by atoms with Gasteiger partial charge in [-0.15, -0.1) is 9.05 Å². The Balaban J connectivity index is 4.27. The van der Waals surface area contributed by atoms with Crippen molar-refractivity contribution in [2.75, 3.05) is 14.2 Å². The largest absolute Gasteiger partial charge is 0.698 e. The first-order chi connectivity index (χ1) is 8.42. The highest BCUT2D eigenvalue weighted by molar-refractivity contribution is 7.33. The van der Waals surface area contributed by atoms with Gasteiger partial charge in [-0.25, -0.2) is 0 Å². The maximum atomic E-state index is 11.6. The Kier molecular flexibility index (Phi) is 8.45. The van der Waals surface area contributed by atoms with Crippen LogP contribution in [0.4, 0.5) is 0 Å². The molecule has 0 aliphatic heterocycles. The van der Waals surface area contributed by atoms with Crippen LogP contribution >= 0.6 is 8.25 Å². The van der Waals surface area contributed by atoms with Gasteiger partial charge >= 0.3 is 8.25 Å². The smallest absolute Gasteiger partial charge is 0.399 e. The summed E-state index contributed by atoms with van der Waals surface area (Å²) in [6.07, 6.45) is -0.916. The summed E-state index contributed by atoms with van der Waals surface area (Å²) >= 11 is 0. The Morgan fingerprint density at radius 3 is 1.56 bits per heavy atom. The zero-order chi connectivity index (χ0) is 14.1.